The minimum atomic E-state index is -1.17. The first-order valence-electron chi connectivity index (χ1n) is 10.6. The highest BCUT2D eigenvalue weighted by molar-refractivity contribution is 6.25. The molecular formula is C27H21NO3. The Morgan fingerprint density at radius 3 is 1.87 bits per heavy atom. The van der Waals surface area contributed by atoms with Gasteiger partial charge in [-0.2, -0.15) is 0 Å². The van der Waals surface area contributed by atoms with Crippen molar-refractivity contribution in [3.63, 3.8) is 0 Å². The number of benzene rings is 3. The molecule has 2 amide bonds. The third kappa shape index (κ3) is 1.89. The second-order valence-electron chi connectivity index (χ2n) is 9.09. The molecule has 0 unspecified atom stereocenters. The molecule has 152 valence electrons. The molecule has 2 bridgehead atoms. The van der Waals surface area contributed by atoms with Gasteiger partial charge in [-0.3, -0.25) is 9.59 Å². The zero-order chi connectivity index (χ0) is 21.5. The van der Waals surface area contributed by atoms with Crippen LogP contribution < -0.4 is 4.90 Å². The lowest BCUT2D eigenvalue weighted by Gasteiger charge is -2.56. The highest BCUT2D eigenvalue weighted by atomic mass is 16.2. The molecule has 1 aliphatic heterocycles. The molecule has 7 rings (SSSR count). The van der Waals surface area contributed by atoms with Gasteiger partial charge in [-0.25, -0.2) is 4.90 Å². The van der Waals surface area contributed by atoms with E-state index in [0.29, 0.717) is 5.69 Å². The summed E-state index contributed by atoms with van der Waals surface area (Å²) in [6, 6.07) is 23.0. The van der Waals surface area contributed by atoms with Crippen LogP contribution in [0.25, 0.3) is 0 Å². The second kappa shape index (κ2) is 5.79. The van der Waals surface area contributed by atoms with Crippen molar-refractivity contribution in [3.05, 3.63) is 101 Å². The van der Waals surface area contributed by atoms with Crippen LogP contribution in [0.5, 0.6) is 0 Å². The minimum Gasteiger partial charge on any atom is -0.302 e. The molecule has 4 nitrogen and oxygen atoms in total. The van der Waals surface area contributed by atoms with Gasteiger partial charge in [-0.15, -0.1) is 0 Å². The molecule has 3 aromatic rings. The van der Waals surface area contributed by atoms with Crippen molar-refractivity contribution in [2.45, 2.75) is 24.7 Å². The fourth-order valence-electron chi connectivity index (χ4n) is 6.49. The van der Waals surface area contributed by atoms with E-state index < -0.39 is 22.7 Å². The molecule has 4 aliphatic rings. The predicted molar refractivity (Wildman–Crippen MR) is 117 cm³/mol. The van der Waals surface area contributed by atoms with Crippen LogP contribution in [0, 0.1) is 18.8 Å². The van der Waals surface area contributed by atoms with Crippen LogP contribution >= 0.6 is 0 Å². The molecule has 3 aromatic carbocycles. The fraction of sp³-hybridized carbons (Fsp3) is 0.222. The Bertz CT molecular complexity index is 1260. The number of amides is 2. The normalized spacial score (nSPS) is 30.1. The average Bonchev–Trinajstić information content (AvgIpc) is 3.06. The van der Waals surface area contributed by atoms with Crippen LogP contribution in [-0.4, -0.2) is 18.1 Å². The zero-order valence-corrected chi connectivity index (χ0v) is 17.3. The maximum absolute atomic E-state index is 13.9. The van der Waals surface area contributed by atoms with Gasteiger partial charge in [0.25, 0.3) is 0 Å². The standard InChI is InChI=1S/C27H21NO3/c1-16-8-7-9-17(14-16)28-24(30)22-23(25(28)31)27(15-29)20-12-5-3-10-18(20)26(22,2)19-11-4-6-13-21(19)27/h3-15,22-23H,1-2H3/t22-,23+,26?,27?/m1/s1. The van der Waals surface area contributed by atoms with Gasteiger partial charge >= 0.3 is 0 Å². The first-order chi connectivity index (χ1) is 15.0. The Morgan fingerprint density at radius 1 is 0.774 bits per heavy atom. The maximum atomic E-state index is 13.9. The number of carbonyl (C=O) groups excluding carboxylic acids is 3. The van der Waals surface area contributed by atoms with E-state index in [4.69, 9.17) is 0 Å². The number of imide groups is 1. The van der Waals surface area contributed by atoms with Crippen LogP contribution in [0.4, 0.5) is 5.69 Å². The molecule has 3 aliphatic carbocycles. The predicted octanol–water partition coefficient (Wildman–Crippen LogP) is 3.92. The number of hydrogen-bond acceptors (Lipinski definition) is 3. The minimum absolute atomic E-state index is 0.224. The van der Waals surface area contributed by atoms with E-state index in [1.54, 1.807) is 6.07 Å². The summed E-state index contributed by atoms with van der Waals surface area (Å²) < 4.78 is 0. The molecule has 1 fully saturated rings. The molecule has 4 heteroatoms. The van der Waals surface area contributed by atoms with Crippen LogP contribution in [0.1, 0.15) is 34.7 Å². The molecule has 1 saturated heterocycles. The van der Waals surface area contributed by atoms with Gasteiger partial charge in [0.1, 0.15) is 6.29 Å². The van der Waals surface area contributed by atoms with Gasteiger partial charge in [-0.1, -0.05) is 67.6 Å². The lowest BCUT2D eigenvalue weighted by Crippen LogP contribution is -2.61. The van der Waals surface area contributed by atoms with E-state index in [9.17, 15) is 14.4 Å². The van der Waals surface area contributed by atoms with Crippen LogP contribution in [-0.2, 0) is 25.2 Å². The Morgan fingerprint density at radius 2 is 1.32 bits per heavy atom. The highest BCUT2D eigenvalue weighted by Crippen LogP contribution is 2.66. The van der Waals surface area contributed by atoms with Gasteiger partial charge in [0, 0.05) is 5.41 Å². The maximum Gasteiger partial charge on any atom is 0.239 e. The third-order valence-corrected chi connectivity index (χ3v) is 7.73. The van der Waals surface area contributed by atoms with Gasteiger partial charge in [0.15, 0.2) is 0 Å². The van der Waals surface area contributed by atoms with Crippen molar-refractivity contribution in [1.29, 1.82) is 0 Å². The molecule has 2 atom stereocenters. The first-order valence-corrected chi connectivity index (χ1v) is 10.6. The van der Waals surface area contributed by atoms with E-state index in [1.807, 2.05) is 73.7 Å². The lowest BCUT2D eigenvalue weighted by molar-refractivity contribution is -0.129. The Kier molecular flexibility index (Phi) is 3.41. The zero-order valence-electron chi connectivity index (χ0n) is 17.3. The summed E-state index contributed by atoms with van der Waals surface area (Å²) in [5.41, 5.74) is 3.32. The fourth-order valence-corrected chi connectivity index (χ4v) is 6.49. The number of aryl methyl sites for hydroxylation is 1. The SMILES string of the molecule is Cc1cccc(N2C(=O)[C@@H]3[C@H](C2=O)C2(C)c4ccccc4C3(C=O)c3ccccc32)c1. The summed E-state index contributed by atoms with van der Waals surface area (Å²) in [5.74, 6) is -1.90. The molecule has 31 heavy (non-hydrogen) atoms. The molecule has 0 saturated carbocycles. The van der Waals surface area contributed by atoms with Crippen molar-refractivity contribution in [2.75, 3.05) is 4.90 Å². The highest BCUT2D eigenvalue weighted by Gasteiger charge is 2.72. The van der Waals surface area contributed by atoms with E-state index >= 15 is 0 Å². The third-order valence-electron chi connectivity index (χ3n) is 7.73. The molecule has 1 heterocycles. The lowest BCUT2D eigenvalue weighted by atomic mass is 9.42. The van der Waals surface area contributed by atoms with Gasteiger partial charge < -0.3 is 4.79 Å². The Hall–Kier alpha value is -3.53. The van der Waals surface area contributed by atoms with E-state index in [0.717, 1.165) is 34.1 Å². The number of nitrogens with zero attached hydrogens (tertiary/aromatic N) is 1. The Balaban J connectivity index is 1.70. The molecule has 0 N–H and O–H groups in total. The molecule has 0 aromatic heterocycles. The second-order valence-corrected chi connectivity index (χ2v) is 9.09. The van der Waals surface area contributed by atoms with E-state index in [2.05, 4.69) is 6.92 Å². The molecule has 0 radical (unpaired) electrons. The summed E-state index contributed by atoms with van der Waals surface area (Å²) in [6.45, 7) is 3.99. The molecular weight excluding hydrogens is 386 g/mol. The van der Waals surface area contributed by atoms with E-state index in [-0.39, 0.29) is 11.8 Å². The van der Waals surface area contributed by atoms with Gasteiger partial charge in [0.05, 0.1) is 22.9 Å². The number of aldehydes is 1. The van der Waals surface area contributed by atoms with Gasteiger partial charge in [0.2, 0.25) is 11.8 Å². The topological polar surface area (TPSA) is 54.5 Å². The van der Waals surface area contributed by atoms with Crippen molar-refractivity contribution >= 4 is 23.8 Å². The van der Waals surface area contributed by atoms with Gasteiger partial charge in [-0.05, 0) is 46.9 Å². The van der Waals surface area contributed by atoms with Crippen LogP contribution in [0.2, 0.25) is 0 Å². The summed E-state index contributed by atoms with van der Waals surface area (Å²) in [5, 5.41) is 0. The van der Waals surface area contributed by atoms with Crippen molar-refractivity contribution in [1.82, 2.24) is 0 Å². The Labute approximate surface area is 180 Å². The number of carbonyl (C=O) groups is 3. The number of rotatable bonds is 2. The van der Waals surface area contributed by atoms with Crippen molar-refractivity contribution in [2.24, 2.45) is 11.8 Å². The van der Waals surface area contributed by atoms with E-state index in [1.165, 1.54) is 4.90 Å². The summed E-state index contributed by atoms with van der Waals surface area (Å²) in [4.78, 5) is 42.1. The summed E-state index contributed by atoms with van der Waals surface area (Å²) in [6.07, 6.45) is 0.909. The smallest absolute Gasteiger partial charge is 0.239 e. The summed E-state index contributed by atoms with van der Waals surface area (Å²) >= 11 is 0. The molecule has 0 spiro atoms. The van der Waals surface area contributed by atoms with Crippen LogP contribution in [0.3, 0.4) is 0 Å². The number of hydrogen-bond donors (Lipinski definition) is 0. The number of anilines is 1. The van der Waals surface area contributed by atoms with Crippen LogP contribution in [0.15, 0.2) is 72.8 Å². The average molecular weight is 407 g/mol. The summed E-state index contributed by atoms with van der Waals surface area (Å²) in [7, 11) is 0. The first kappa shape index (κ1) is 18.3. The van der Waals surface area contributed by atoms with Crippen molar-refractivity contribution < 1.29 is 14.4 Å². The van der Waals surface area contributed by atoms with Crippen molar-refractivity contribution in [3.8, 4) is 0 Å². The monoisotopic (exact) mass is 407 g/mol. The quantitative estimate of drug-likeness (QED) is 0.478. The largest absolute Gasteiger partial charge is 0.302 e.